The van der Waals surface area contributed by atoms with Crippen LogP contribution in [0.25, 0.3) is 0 Å². The number of rotatable bonds is 7. The standard InChI is InChI=1S/C18H30N4O2S.HI/c1-5-19-17(22-9-12-25-18(2,3)14-22)21-13-15-7-6-8-20-16(15)24-11-10-23-4;/h6-8H,5,9-14H2,1-4H3,(H,19,21);1H. The molecule has 0 unspecified atom stereocenters. The van der Waals surface area contributed by atoms with Crippen molar-refractivity contribution in [2.75, 3.05) is 45.7 Å². The molecule has 0 spiro atoms. The van der Waals surface area contributed by atoms with Gasteiger partial charge in [0.2, 0.25) is 5.88 Å². The highest BCUT2D eigenvalue weighted by Crippen LogP contribution is 2.29. The second-order valence-electron chi connectivity index (χ2n) is 6.51. The molecule has 0 radical (unpaired) electrons. The Kier molecular flexibility index (Phi) is 10.6. The SMILES string of the molecule is CCNC(=NCc1cccnc1OCCOC)N1CCSC(C)(C)C1.I. The summed E-state index contributed by atoms with van der Waals surface area (Å²) in [5.74, 6) is 2.71. The fourth-order valence-electron chi connectivity index (χ4n) is 2.68. The second-order valence-corrected chi connectivity index (χ2v) is 8.31. The van der Waals surface area contributed by atoms with Crippen LogP contribution < -0.4 is 10.1 Å². The number of hydrogen-bond acceptors (Lipinski definition) is 5. The van der Waals surface area contributed by atoms with Crippen molar-refractivity contribution in [3.8, 4) is 5.88 Å². The van der Waals surface area contributed by atoms with Gasteiger partial charge in [-0.1, -0.05) is 6.07 Å². The molecule has 0 atom stereocenters. The first-order chi connectivity index (χ1) is 12.1. The summed E-state index contributed by atoms with van der Waals surface area (Å²) >= 11 is 2.02. The average Bonchev–Trinajstić information content (AvgIpc) is 2.59. The molecule has 2 rings (SSSR count). The van der Waals surface area contributed by atoms with Crippen molar-refractivity contribution in [3.05, 3.63) is 23.9 Å². The van der Waals surface area contributed by atoms with Gasteiger partial charge in [0.1, 0.15) is 6.61 Å². The lowest BCUT2D eigenvalue weighted by Gasteiger charge is -2.39. The molecule has 1 aliphatic heterocycles. The molecular formula is C18H31IN4O2S. The summed E-state index contributed by atoms with van der Waals surface area (Å²) < 4.78 is 11.0. The molecular weight excluding hydrogens is 463 g/mol. The third kappa shape index (κ3) is 7.48. The van der Waals surface area contributed by atoms with Gasteiger partial charge in [-0.3, -0.25) is 0 Å². The lowest BCUT2D eigenvalue weighted by atomic mass is 10.2. The predicted octanol–water partition coefficient (Wildman–Crippen LogP) is 3.02. The van der Waals surface area contributed by atoms with Crippen LogP contribution >= 0.6 is 35.7 Å². The summed E-state index contributed by atoms with van der Waals surface area (Å²) in [6.07, 6.45) is 1.74. The predicted molar refractivity (Wildman–Crippen MR) is 120 cm³/mol. The van der Waals surface area contributed by atoms with E-state index in [4.69, 9.17) is 14.5 Å². The molecule has 0 saturated carbocycles. The minimum Gasteiger partial charge on any atom is -0.475 e. The Labute approximate surface area is 178 Å². The smallest absolute Gasteiger partial charge is 0.218 e. The number of halogens is 1. The summed E-state index contributed by atoms with van der Waals surface area (Å²) in [5, 5.41) is 3.42. The van der Waals surface area contributed by atoms with Gasteiger partial charge in [0.15, 0.2) is 5.96 Å². The van der Waals surface area contributed by atoms with Gasteiger partial charge in [0.25, 0.3) is 0 Å². The Hall–Kier alpha value is -0.740. The summed E-state index contributed by atoms with van der Waals surface area (Å²) in [4.78, 5) is 11.5. The zero-order valence-corrected chi connectivity index (χ0v) is 19.3. The van der Waals surface area contributed by atoms with E-state index in [2.05, 4.69) is 36.0 Å². The zero-order valence-electron chi connectivity index (χ0n) is 16.2. The first kappa shape index (κ1) is 23.3. The van der Waals surface area contributed by atoms with Crippen molar-refractivity contribution in [1.29, 1.82) is 0 Å². The van der Waals surface area contributed by atoms with Crippen LogP contribution in [0.1, 0.15) is 26.3 Å². The summed E-state index contributed by atoms with van der Waals surface area (Å²) in [5.41, 5.74) is 0.986. The number of hydrogen-bond donors (Lipinski definition) is 1. The van der Waals surface area contributed by atoms with Gasteiger partial charge in [0.05, 0.1) is 13.2 Å². The van der Waals surface area contributed by atoms with E-state index in [1.807, 2.05) is 23.9 Å². The van der Waals surface area contributed by atoms with Crippen LogP contribution in [0, 0.1) is 0 Å². The number of guanidine groups is 1. The van der Waals surface area contributed by atoms with Crippen LogP contribution in [0.5, 0.6) is 5.88 Å². The monoisotopic (exact) mass is 494 g/mol. The van der Waals surface area contributed by atoms with Crippen LogP contribution in [0.15, 0.2) is 23.3 Å². The number of methoxy groups -OCH3 is 1. The topological polar surface area (TPSA) is 59.0 Å². The molecule has 148 valence electrons. The van der Waals surface area contributed by atoms with Gasteiger partial charge >= 0.3 is 0 Å². The molecule has 0 amide bonds. The third-order valence-electron chi connectivity index (χ3n) is 3.84. The van der Waals surface area contributed by atoms with E-state index < -0.39 is 0 Å². The maximum Gasteiger partial charge on any atom is 0.218 e. The number of nitrogens with one attached hydrogen (secondary N) is 1. The summed E-state index contributed by atoms with van der Waals surface area (Å²) in [7, 11) is 1.66. The van der Waals surface area contributed by atoms with Gasteiger partial charge in [-0.05, 0) is 26.8 Å². The van der Waals surface area contributed by atoms with Crippen LogP contribution in [-0.4, -0.2) is 66.3 Å². The highest BCUT2D eigenvalue weighted by molar-refractivity contribution is 14.0. The van der Waals surface area contributed by atoms with E-state index in [9.17, 15) is 0 Å². The van der Waals surface area contributed by atoms with Crippen LogP contribution in [-0.2, 0) is 11.3 Å². The summed E-state index contributed by atoms with van der Waals surface area (Å²) in [6, 6.07) is 3.93. The van der Waals surface area contributed by atoms with Crippen molar-refractivity contribution in [1.82, 2.24) is 15.2 Å². The Morgan fingerprint density at radius 3 is 2.92 bits per heavy atom. The molecule has 8 heteroatoms. The van der Waals surface area contributed by atoms with Gasteiger partial charge in [-0.15, -0.1) is 24.0 Å². The number of aromatic nitrogens is 1. The molecule has 1 fully saturated rings. The number of ether oxygens (including phenoxy) is 2. The maximum atomic E-state index is 5.71. The fourth-order valence-corrected chi connectivity index (χ4v) is 3.79. The van der Waals surface area contributed by atoms with E-state index in [1.54, 1.807) is 13.3 Å². The molecule has 2 heterocycles. The minimum atomic E-state index is 0. The van der Waals surface area contributed by atoms with Crippen molar-refractivity contribution in [2.45, 2.75) is 32.1 Å². The largest absolute Gasteiger partial charge is 0.475 e. The van der Waals surface area contributed by atoms with Gasteiger partial charge in [-0.2, -0.15) is 11.8 Å². The van der Waals surface area contributed by atoms with Gasteiger partial charge in [-0.25, -0.2) is 9.98 Å². The van der Waals surface area contributed by atoms with E-state index in [-0.39, 0.29) is 28.7 Å². The van der Waals surface area contributed by atoms with Crippen LogP contribution in [0.4, 0.5) is 0 Å². The molecule has 1 aromatic rings. The van der Waals surface area contributed by atoms with Crippen LogP contribution in [0.2, 0.25) is 0 Å². The van der Waals surface area contributed by atoms with E-state index in [0.29, 0.717) is 25.6 Å². The third-order valence-corrected chi connectivity index (χ3v) is 5.13. The highest BCUT2D eigenvalue weighted by atomic mass is 127. The lowest BCUT2D eigenvalue weighted by molar-refractivity contribution is 0.143. The molecule has 0 bridgehead atoms. The van der Waals surface area contributed by atoms with Crippen molar-refractivity contribution < 1.29 is 9.47 Å². The number of nitrogens with zero attached hydrogens (tertiary/aromatic N) is 3. The Morgan fingerprint density at radius 1 is 1.42 bits per heavy atom. The number of pyridine rings is 1. The van der Waals surface area contributed by atoms with E-state index >= 15 is 0 Å². The Morgan fingerprint density at radius 2 is 2.23 bits per heavy atom. The molecule has 26 heavy (non-hydrogen) atoms. The lowest BCUT2D eigenvalue weighted by Crippen LogP contribution is -2.50. The average molecular weight is 494 g/mol. The Balaban J connectivity index is 0.00000338. The zero-order chi connectivity index (χ0) is 18.1. The van der Waals surface area contributed by atoms with Crippen LogP contribution in [0.3, 0.4) is 0 Å². The van der Waals surface area contributed by atoms with E-state index in [0.717, 1.165) is 36.9 Å². The van der Waals surface area contributed by atoms with Crippen molar-refractivity contribution in [3.63, 3.8) is 0 Å². The molecule has 1 aromatic heterocycles. The second kappa shape index (κ2) is 11.9. The molecule has 0 aliphatic carbocycles. The highest BCUT2D eigenvalue weighted by Gasteiger charge is 2.28. The van der Waals surface area contributed by atoms with Crippen molar-refractivity contribution >= 4 is 41.7 Å². The molecule has 1 aliphatic rings. The maximum absolute atomic E-state index is 5.71. The number of thioether (sulfide) groups is 1. The fraction of sp³-hybridized carbons (Fsp3) is 0.667. The van der Waals surface area contributed by atoms with Gasteiger partial charge < -0.3 is 19.7 Å². The minimum absolute atomic E-state index is 0. The first-order valence-corrected chi connectivity index (χ1v) is 9.77. The summed E-state index contributed by atoms with van der Waals surface area (Å²) in [6.45, 7) is 11.1. The Bertz CT molecular complexity index is 572. The van der Waals surface area contributed by atoms with Gasteiger partial charge in [0, 0.05) is 49.0 Å². The quantitative estimate of drug-likeness (QED) is 0.272. The molecule has 1 saturated heterocycles. The molecule has 0 aromatic carbocycles. The molecule has 1 N–H and O–H groups in total. The molecule has 6 nitrogen and oxygen atoms in total. The number of aliphatic imine (C=N–C) groups is 1. The first-order valence-electron chi connectivity index (χ1n) is 8.78. The van der Waals surface area contributed by atoms with E-state index in [1.165, 1.54) is 0 Å². The normalized spacial score (nSPS) is 16.8. The van der Waals surface area contributed by atoms with Crippen molar-refractivity contribution in [2.24, 2.45) is 4.99 Å².